The monoisotopic (exact) mass is 301 g/mol. The van der Waals surface area contributed by atoms with Crippen LogP contribution in [0.4, 0.5) is 26.3 Å². The first-order chi connectivity index (χ1) is 9.07. The maximum atomic E-state index is 12.8. The molecule has 0 spiro atoms. The molecule has 0 aromatic heterocycles. The SMILES string of the molecule is N[C@H](CCCO)c1ccc(C(F)(F)F)cc1C(F)(F)F. The van der Waals surface area contributed by atoms with E-state index in [-0.39, 0.29) is 25.5 Å². The summed E-state index contributed by atoms with van der Waals surface area (Å²) in [5.41, 5.74) is 2.38. The van der Waals surface area contributed by atoms with Gasteiger partial charge in [0.05, 0.1) is 11.1 Å². The van der Waals surface area contributed by atoms with Crippen LogP contribution in [0.5, 0.6) is 0 Å². The van der Waals surface area contributed by atoms with Crippen LogP contribution in [0.1, 0.15) is 35.6 Å². The number of hydrogen-bond acceptors (Lipinski definition) is 2. The third-order valence-electron chi connectivity index (χ3n) is 2.76. The van der Waals surface area contributed by atoms with Gasteiger partial charge in [-0.1, -0.05) is 6.07 Å². The van der Waals surface area contributed by atoms with E-state index in [2.05, 4.69) is 0 Å². The summed E-state index contributed by atoms with van der Waals surface area (Å²) >= 11 is 0. The average Bonchev–Trinajstić information content (AvgIpc) is 2.33. The van der Waals surface area contributed by atoms with E-state index in [0.29, 0.717) is 6.07 Å². The zero-order valence-corrected chi connectivity index (χ0v) is 10.2. The average molecular weight is 301 g/mol. The van der Waals surface area contributed by atoms with Gasteiger partial charge in [-0.05, 0) is 30.5 Å². The van der Waals surface area contributed by atoms with Gasteiger partial charge in [0.1, 0.15) is 0 Å². The Balaban J connectivity index is 3.24. The summed E-state index contributed by atoms with van der Waals surface area (Å²) in [5, 5.41) is 8.62. The van der Waals surface area contributed by atoms with Gasteiger partial charge in [0.2, 0.25) is 0 Å². The number of halogens is 6. The summed E-state index contributed by atoms with van der Waals surface area (Å²) in [6.07, 6.45) is -9.56. The van der Waals surface area contributed by atoms with Crippen LogP contribution in [0.2, 0.25) is 0 Å². The highest BCUT2D eigenvalue weighted by Crippen LogP contribution is 2.39. The molecule has 0 fully saturated rings. The number of aliphatic hydroxyl groups excluding tert-OH is 1. The lowest BCUT2D eigenvalue weighted by Crippen LogP contribution is -2.19. The molecule has 1 rings (SSSR count). The molecular formula is C12H13F6NO. The molecule has 0 aliphatic rings. The van der Waals surface area contributed by atoms with Crippen molar-refractivity contribution in [2.24, 2.45) is 5.73 Å². The van der Waals surface area contributed by atoms with Gasteiger partial charge in [-0.2, -0.15) is 26.3 Å². The first kappa shape index (κ1) is 16.8. The number of rotatable bonds is 4. The Kier molecular flexibility index (Phi) is 5.04. The van der Waals surface area contributed by atoms with Crippen LogP contribution in [0, 0.1) is 0 Å². The van der Waals surface area contributed by atoms with Crippen molar-refractivity contribution in [2.45, 2.75) is 31.2 Å². The molecule has 0 unspecified atom stereocenters. The van der Waals surface area contributed by atoms with E-state index in [1.807, 2.05) is 0 Å². The molecule has 3 N–H and O–H groups in total. The molecule has 8 heteroatoms. The van der Waals surface area contributed by atoms with Gasteiger partial charge in [-0.25, -0.2) is 0 Å². The number of benzene rings is 1. The zero-order chi connectivity index (χ0) is 15.6. The Morgan fingerprint density at radius 3 is 2.10 bits per heavy atom. The molecule has 1 atom stereocenters. The van der Waals surface area contributed by atoms with Crippen molar-refractivity contribution in [1.82, 2.24) is 0 Å². The van der Waals surface area contributed by atoms with Gasteiger partial charge in [-0.15, -0.1) is 0 Å². The minimum Gasteiger partial charge on any atom is -0.396 e. The molecule has 0 bridgehead atoms. The van der Waals surface area contributed by atoms with Gasteiger partial charge in [-0.3, -0.25) is 0 Å². The number of alkyl halides is 6. The van der Waals surface area contributed by atoms with Gasteiger partial charge < -0.3 is 10.8 Å². The second-order valence-corrected chi connectivity index (χ2v) is 4.27. The Hall–Kier alpha value is -1.28. The second-order valence-electron chi connectivity index (χ2n) is 4.27. The highest BCUT2D eigenvalue weighted by atomic mass is 19.4. The summed E-state index contributed by atoms with van der Waals surface area (Å²) in [6, 6.07) is 0.298. The minimum absolute atomic E-state index is 0.0466. The van der Waals surface area contributed by atoms with Gasteiger partial charge >= 0.3 is 12.4 Å². The van der Waals surface area contributed by atoms with Crippen LogP contribution < -0.4 is 5.73 Å². The standard InChI is InChI=1S/C12H13F6NO/c13-11(14,15)7-3-4-8(10(19)2-1-5-20)9(6-7)12(16,17)18/h3-4,6,10,20H,1-2,5,19H2/t10-/m1/s1. The van der Waals surface area contributed by atoms with Crippen molar-refractivity contribution in [2.75, 3.05) is 6.61 Å². The van der Waals surface area contributed by atoms with Crippen LogP contribution in [-0.4, -0.2) is 11.7 Å². The van der Waals surface area contributed by atoms with Crippen LogP contribution in [-0.2, 0) is 12.4 Å². The van der Waals surface area contributed by atoms with Gasteiger partial charge in [0.15, 0.2) is 0 Å². The van der Waals surface area contributed by atoms with Gasteiger partial charge in [0, 0.05) is 12.6 Å². The van der Waals surface area contributed by atoms with Crippen molar-refractivity contribution in [3.05, 3.63) is 34.9 Å². The maximum absolute atomic E-state index is 12.8. The predicted molar refractivity (Wildman–Crippen MR) is 59.7 cm³/mol. The quantitative estimate of drug-likeness (QED) is 0.836. The lowest BCUT2D eigenvalue weighted by Gasteiger charge is -2.20. The molecule has 0 radical (unpaired) electrons. The molecule has 0 saturated carbocycles. The van der Waals surface area contributed by atoms with Crippen molar-refractivity contribution in [1.29, 1.82) is 0 Å². The minimum atomic E-state index is -4.92. The highest BCUT2D eigenvalue weighted by molar-refractivity contribution is 5.37. The molecule has 0 aliphatic heterocycles. The van der Waals surface area contributed by atoms with Crippen molar-refractivity contribution < 1.29 is 31.4 Å². The van der Waals surface area contributed by atoms with E-state index < -0.39 is 35.1 Å². The number of nitrogens with two attached hydrogens (primary N) is 1. The summed E-state index contributed by atoms with van der Waals surface area (Å²) in [4.78, 5) is 0. The van der Waals surface area contributed by atoms with E-state index in [1.165, 1.54) is 0 Å². The zero-order valence-electron chi connectivity index (χ0n) is 10.2. The molecule has 0 amide bonds. The first-order valence-corrected chi connectivity index (χ1v) is 5.72. The fourth-order valence-electron chi connectivity index (χ4n) is 1.77. The predicted octanol–water partition coefficient (Wildman–Crippen LogP) is 3.50. The topological polar surface area (TPSA) is 46.2 Å². The first-order valence-electron chi connectivity index (χ1n) is 5.72. The number of hydrogen-bond donors (Lipinski definition) is 2. The lowest BCUT2D eigenvalue weighted by atomic mass is 9.95. The summed E-state index contributed by atoms with van der Waals surface area (Å²) in [6.45, 7) is -0.254. The van der Waals surface area contributed by atoms with Crippen LogP contribution in [0.3, 0.4) is 0 Å². The Labute approximate surface area is 111 Å². The summed E-state index contributed by atoms with van der Waals surface area (Å²) in [7, 11) is 0. The smallest absolute Gasteiger partial charge is 0.396 e. The molecule has 1 aromatic rings. The third-order valence-corrected chi connectivity index (χ3v) is 2.76. The Morgan fingerprint density at radius 2 is 1.65 bits per heavy atom. The lowest BCUT2D eigenvalue weighted by molar-refractivity contribution is -0.143. The Bertz CT molecular complexity index is 454. The summed E-state index contributed by atoms with van der Waals surface area (Å²) in [5.74, 6) is 0. The van der Waals surface area contributed by atoms with Crippen LogP contribution >= 0.6 is 0 Å². The van der Waals surface area contributed by atoms with Gasteiger partial charge in [0.25, 0.3) is 0 Å². The molecule has 2 nitrogen and oxygen atoms in total. The molecular weight excluding hydrogens is 288 g/mol. The van der Waals surface area contributed by atoms with E-state index in [0.717, 1.165) is 6.07 Å². The molecule has 0 heterocycles. The normalized spacial score (nSPS) is 14.4. The van der Waals surface area contributed by atoms with E-state index in [9.17, 15) is 26.3 Å². The molecule has 20 heavy (non-hydrogen) atoms. The molecule has 0 aliphatic carbocycles. The highest BCUT2D eigenvalue weighted by Gasteiger charge is 2.38. The fourth-order valence-corrected chi connectivity index (χ4v) is 1.77. The van der Waals surface area contributed by atoms with E-state index >= 15 is 0 Å². The van der Waals surface area contributed by atoms with Crippen molar-refractivity contribution in [3.63, 3.8) is 0 Å². The second kappa shape index (κ2) is 6.01. The van der Waals surface area contributed by atoms with Crippen molar-refractivity contribution >= 4 is 0 Å². The largest absolute Gasteiger partial charge is 0.416 e. The van der Waals surface area contributed by atoms with E-state index in [1.54, 1.807) is 0 Å². The van der Waals surface area contributed by atoms with Crippen molar-refractivity contribution in [3.8, 4) is 0 Å². The Morgan fingerprint density at radius 1 is 1.05 bits per heavy atom. The van der Waals surface area contributed by atoms with Crippen LogP contribution in [0.25, 0.3) is 0 Å². The molecule has 0 saturated heterocycles. The van der Waals surface area contributed by atoms with E-state index in [4.69, 9.17) is 10.8 Å². The molecule has 1 aromatic carbocycles. The summed E-state index contributed by atoms with van der Waals surface area (Å²) < 4.78 is 75.9. The number of aliphatic hydroxyl groups is 1. The van der Waals surface area contributed by atoms with Crippen LogP contribution in [0.15, 0.2) is 18.2 Å². The third kappa shape index (κ3) is 4.11. The maximum Gasteiger partial charge on any atom is 0.416 e. The molecule has 114 valence electrons. The fraction of sp³-hybridized carbons (Fsp3) is 0.500.